The highest BCUT2D eigenvalue weighted by Crippen LogP contribution is 2.16. The van der Waals surface area contributed by atoms with E-state index in [-0.39, 0.29) is 23.6 Å². The molecule has 0 heterocycles. The Morgan fingerprint density at radius 3 is 2.44 bits per heavy atom. The first-order chi connectivity index (χ1) is 8.56. The summed E-state index contributed by atoms with van der Waals surface area (Å²) in [5.74, 6) is -0.171. The molecule has 0 saturated heterocycles. The minimum absolute atomic E-state index is 0.0624. The van der Waals surface area contributed by atoms with Crippen molar-refractivity contribution in [3.8, 4) is 0 Å². The van der Waals surface area contributed by atoms with Crippen LogP contribution in [0.4, 0.5) is 11.4 Å². The number of hydrogen-bond donors (Lipinski definition) is 2. The van der Waals surface area contributed by atoms with Crippen LogP contribution in [0.25, 0.3) is 0 Å². The van der Waals surface area contributed by atoms with E-state index in [0.29, 0.717) is 17.8 Å². The summed E-state index contributed by atoms with van der Waals surface area (Å²) in [5.41, 5.74) is 1.31. The average Bonchev–Trinajstić information content (AvgIpc) is 2.37. The number of anilines is 2. The third-order valence-electron chi connectivity index (χ3n) is 2.41. The summed E-state index contributed by atoms with van der Waals surface area (Å²) in [6.07, 6.45) is 0.417. The van der Waals surface area contributed by atoms with Gasteiger partial charge in [-0.25, -0.2) is 0 Å². The molecule has 18 heavy (non-hydrogen) atoms. The molecule has 0 aliphatic heterocycles. The van der Waals surface area contributed by atoms with E-state index < -0.39 is 0 Å². The molecule has 0 aliphatic carbocycles. The fourth-order valence-electron chi connectivity index (χ4n) is 1.26. The van der Waals surface area contributed by atoms with Crippen molar-refractivity contribution < 1.29 is 9.59 Å². The monoisotopic (exact) mass is 268 g/mol. The first kappa shape index (κ1) is 14.5. The van der Waals surface area contributed by atoms with Gasteiger partial charge in [0.1, 0.15) is 0 Å². The van der Waals surface area contributed by atoms with Crippen LogP contribution in [0.5, 0.6) is 0 Å². The van der Waals surface area contributed by atoms with Crippen LogP contribution < -0.4 is 10.6 Å². The Balaban J connectivity index is 2.70. The molecule has 0 aromatic heterocycles. The van der Waals surface area contributed by atoms with Crippen LogP contribution in [-0.2, 0) is 9.59 Å². The molecule has 1 rings (SSSR count). The van der Waals surface area contributed by atoms with E-state index in [1.165, 1.54) is 0 Å². The van der Waals surface area contributed by atoms with Gasteiger partial charge in [0.05, 0.1) is 0 Å². The molecular weight excluding hydrogens is 252 g/mol. The fourth-order valence-corrected chi connectivity index (χ4v) is 1.40. The maximum Gasteiger partial charge on any atom is 0.228 e. The molecule has 1 atom stereocenters. The fraction of sp³-hybridized carbons (Fsp3) is 0.385. The Hall–Kier alpha value is -1.55. The van der Waals surface area contributed by atoms with E-state index in [1.54, 1.807) is 38.1 Å². The lowest BCUT2D eigenvalue weighted by Crippen LogP contribution is -2.21. The summed E-state index contributed by atoms with van der Waals surface area (Å²) >= 11 is 5.61. The Kier molecular flexibility index (Phi) is 5.65. The van der Waals surface area contributed by atoms with Crippen molar-refractivity contribution in [3.63, 3.8) is 0 Å². The van der Waals surface area contributed by atoms with Gasteiger partial charge in [0.2, 0.25) is 11.8 Å². The molecule has 98 valence electrons. The summed E-state index contributed by atoms with van der Waals surface area (Å²) in [5, 5.41) is 5.48. The highest BCUT2D eigenvalue weighted by Gasteiger charge is 2.11. The molecule has 1 unspecified atom stereocenters. The Bertz CT molecular complexity index is 435. The summed E-state index contributed by atoms with van der Waals surface area (Å²) < 4.78 is 0. The second-order valence-corrected chi connectivity index (χ2v) is 4.34. The Morgan fingerprint density at radius 1 is 1.28 bits per heavy atom. The van der Waals surface area contributed by atoms with E-state index >= 15 is 0 Å². The maximum absolute atomic E-state index is 11.7. The molecule has 2 amide bonds. The van der Waals surface area contributed by atoms with Crippen molar-refractivity contribution in [1.82, 2.24) is 0 Å². The van der Waals surface area contributed by atoms with Gasteiger partial charge >= 0.3 is 0 Å². The molecular formula is C13H17ClN2O2. The highest BCUT2D eigenvalue weighted by atomic mass is 35.5. The number of halogens is 1. The number of benzene rings is 1. The van der Waals surface area contributed by atoms with E-state index in [4.69, 9.17) is 11.6 Å². The smallest absolute Gasteiger partial charge is 0.228 e. The maximum atomic E-state index is 11.7. The highest BCUT2D eigenvalue weighted by molar-refractivity contribution is 6.19. The van der Waals surface area contributed by atoms with Crippen LogP contribution >= 0.6 is 11.6 Å². The predicted molar refractivity (Wildman–Crippen MR) is 73.9 cm³/mol. The molecule has 5 heteroatoms. The van der Waals surface area contributed by atoms with Crippen molar-refractivity contribution in [2.45, 2.75) is 20.3 Å². The van der Waals surface area contributed by atoms with Gasteiger partial charge in [-0.2, -0.15) is 0 Å². The van der Waals surface area contributed by atoms with Crippen LogP contribution in [-0.4, -0.2) is 17.7 Å². The van der Waals surface area contributed by atoms with Crippen LogP contribution in [0.2, 0.25) is 0 Å². The van der Waals surface area contributed by atoms with Gasteiger partial charge in [0.15, 0.2) is 0 Å². The molecule has 0 bridgehead atoms. The molecule has 1 aromatic rings. The molecule has 0 radical (unpaired) electrons. The van der Waals surface area contributed by atoms with E-state index in [0.717, 1.165) is 0 Å². The second-order valence-electron chi connectivity index (χ2n) is 4.03. The largest absolute Gasteiger partial charge is 0.326 e. The normalized spacial score (nSPS) is 11.7. The average molecular weight is 269 g/mol. The van der Waals surface area contributed by atoms with Crippen molar-refractivity contribution >= 4 is 34.8 Å². The second kappa shape index (κ2) is 7.01. The van der Waals surface area contributed by atoms with E-state index in [9.17, 15) is 9.59 Å². The zero-order valence-corrected chi connectivity index (χ0v) is 11.3. The standard InChI is InChI=1S/C13H17ClN2O2/c1-3-12(17)15-10-5-4-6-11(7-10)16-13(18)9(2)8-14/h4-7,9H,3,8H2,1-2H3,(H,15,17)(H,16,18). The lowest BCUT2D eigenvalue weighted by Gasteiger charge is -2.10. The first-order valence-corrected chi connectivity index (χ1v) is 6.37. The Labute approximate surface area is 112 Å². The molecule has 0 fully saturated rings. The van der Waals surface area contributed by atoms with Crippen LogP contribution in [0.1, 0.15) is 20.3 Å². The van der Waals surface area contributed by atoms with E-state index in [2.05, 4.69) is 10.6 Å². The summed E-state index contributed by atoms with van der Waals surface area (Å²) in [4.78, 5) is 22.9. The minimum Gasteiger partial charge on any atom is -0.326 e. The van der Waals surface area contributed by atoms with Gasteiger partial charge in [-0.15, -0.1) is 11.6 Å². The third-order valence-corrected chi connectivity index (χ3v) is 2.88. The summed E-state index contributed by atoms with van der Waals surface area (Å²) in [6.45, 7) is 3.54. The van der Waals surface area contributed by atoms with Crippen LogP contribution in [0.3, 0.4) is 0 Å². The zero-order valence-electron chi connectivity index (χ0n) is 10.5. The van der Waals surface area contributed by atoms with Gasteiger partial charge in [0, 0.05) is 29.6 Å². The number of alkyl halides is 1. The summed E-state index contributed by atoms with van der Waals surface area (Å²) in [6, 6.07) is 7.02. The van der Waals surface area contributed by atoms with Gasteiger partial charge in [0.25, 0.3) is 0 Å². The van der Waals surface area contributed by atoms with Crippen molar-refractivity contribution in [2.75, 3.05) is 16.5 Å². The predicted octanol–water partition coefficient (Wildman–Crippen LogP) is 2.85. The zero-order chi connectivity index (χ0) is 13.5. The van der Waals surface area contributed by atoms with Gasteiger partial charge < -0.3 is 10.6 Å². The first-order valence-electron chi connectivity index (χ1n) is 5.83. The van der Waals surface area contributed by atoms with Crippen LogP contribution in [0, 0.1) is 5.92 Å². The lowest BCUT2D eigenvalue weighted by atomic mass is 10.2. The minimum atomic E-state index is -0.249. The molecule has 4 nitrogen and oxygen atoms in total. The van der Waals surface area contributed by atoms with Gasteiger partial charge in [-0.3, -0.25) is 9.59 Å². The van der Waals surface area contributed by atoms with Crippen molar-refractivity contribution in [1.29, 1.82) is 0 Å². The number of carbonyl (C=O) groups excluding carboxylic acids is 2. The van der Waals surface area contributed by atoms with Crippen LogP contribution in [0.15, 0.2) is 24.3 Å². The molecule has 0 saturated carbocycles. The molecule has 0 spiro atoms. The molecule has 1 aromatic carbocycles. The number of nitrogens with one attached hydrogen (secondary N) is 2. The summed E-state index contributed by atoms with van der Waals surface area (Å²) in [7, 11) is 0. The lowest BCUT2D eigenvalue weighted by molar-refractivity contribution is -0.119. The molecule has 0 aliphatic rings. The third kappa shape index (κ3) is 4.37. The van der Waals surface area contributed by atoms with Gasteiger partial charge in [-0.1, -0.05) is 19.9 Å². The van der Waals surface area contributed by atoms with E-state index in [1.807, 2.05) is 0 Å². The van der Waals surface area contributed by atoms with Crippen molar-refractivity contribution in [3.05, 3.63) is 24.3 Å². The van der Waals surface area contributed by atoms with Gasteiger partial charge in [-0.05, 0) is 18.2 Å². The number of rotatable bonds is 5. The Morgan fingerprint density at radius 2 is 1.89 bits per heavy atom. The quantitative estimate of drug-likeness (QED) is 0.807. The topological polar surface area (TPSA) is 58.2 Å². The number of carbonyl (C=O) groups is 2. The van der Waals surface area contributed by atoms with Crippen molar-refractivity contribution in [2.24, 2.45) is 5.92 Å². The SMILES string of the molecule is CCC(=O)Nc1cccc(NC(=O)C(C)CCl)c1. The molecule has 2 N–H and O–H groups in total. The number of amides is 2. The number of hydrogen-bond acceptors (Lipinski definition) is 2.